The Hall–Kier alpha value is -2.31. The van der Waals surface area contributed by atoms with Crippen LogP contribution in [0.5, 0.6) is 0 Å². The number of thiazole rings is 1. The third-order valence-corrected chi connectivity index (χ3v) is 4.12. The molecule has 1 N–H and O–H groups in total. The first kappa shape index (κ1) is 15.6. The summed E-state index contributed by atoms with van der Waals surface area (Å²) in [5, 5.41) is 5.10. The van der Waals surface area contributed by atoms with E-state index in [1.807, 2.05) is 17.5 Å². The average molecular weight is 348 g/mol. The monoisotopic (exact) mass is 347 g/mol. The number of rotatable bonds is 4. The molecule has 23 heavy (non-hydrogen) atoms. The summed E-state index contributed by atoms with van der Waals surface area (Å²) in [7, 11) is 0. The summed E-state index contributed by atoms with van der Waals surface area (Å²) in [5.41, 5.74) is 2.35. The highest BCUT2D eigenvalue weighted by Gasteiger charge is 2.10. The number of nitrogens with zero attached hydrogens (tertiary/aromatic N) is 2. The smallest absolute Gasteiger partial charge is 0.230 e. The highest BCUT2D eigenvalue weighted by atomic mass is 35.5. The second-order valence-electron chi connectivity index (χ2n) is 4.75. The van der Waals surface area contributed by atoms with Crippen LogP contribution in [0, 0.1) is 5.82 Å². The predicted octanol–water partition coefficient (Wildman–Crippen LogP) is 4.18. The fourth-order valence-corrected chi connectivity index (χ4v) is 2.92. The quantitative estimate of drug-likeness (QED) is 0.770. The molecule has 0 radical (unpaired) electrons. The molecular formula is C16H11ClFN3OS. The molecule has 0 fully saturated rings. The van der Waals surface area contributed by atoms with Crippen LogP contribution in [0.2, 0.25) is 5.02 Å². The first-order chi connectivity index (χ1) is 11.1. The zero-order valence-corrected chi connectivity index (χ0v) is 13.4. The normalized spacial score (nSPS) is 10.5. The molecule has 2 aromatic heterocycles. The molecular weight excluding hydrogens is 337 g/mol. The van der Waals surface area contributed by atoms with E-state index in [1.54, 1.807) is 12.4 Å². The molecule has 0 bridgehead atoms. The number of hydrogen-bond donors (Lipinski definition) is 1. The SMILES string of the molecule is O=C(Cc1ccc(F)c(Cl)c1)Nc1nc(-c2ccncc2)cs1. The first-order valence-electron chi connectivity index (χ1n) is 6.71. The lowest BCUT2D eigenvalue weighted by Gasteiger charge is -2.03. The summed E-state index contributed by atoms with van der Waals surface area (Å²) in [6, 6.07) is 7.92. The number of amides is 1. The number of halogens is 2. The fourth-order valence-electron chi connectivity index (χ4n) is 1.98. The summed E-state index contributed by atoms with van der Waals surface area (Å²) in [6.45, 7) is 0. The largest absolute Gasteiger partial charge is 0.302 e. The Morgan fingerprint density at radius 2 is 2.04 bits per heavy atom. The summed E-state index contributed by atoms with van der Waals surface area (Å²) in [4.78, 5) is 20.4. The minimum atomic E-state index is -0.502. The number of carbonyl (C=O) groups excluding carboxylic acids is 1. The van der Waals surface area contributed by atoms with Gasteiger partial charge in [0.25, 0.3) is 0 Å². The number of anilines is 1. The van der Waals surface area contributed by atoms with Crippen molar-refractivity contribution in [3.63, 3.8) is 0 Å². The van der Waals surface area contributed by atoms with Gasteiger partial charge < -0.3 is 5.32 Å². The van der Waals surface area contributed by atoms with Gasteiger partial charge in [0.2, 0.25) is 5.91 Å². The Bertz CT molecular complexity index is 838. The molecule has 3 aromatic rings. The Kier molecular flexibility index (Phi) is 4.64. The highest BCUT2D eigenvalue weighted by Crippen LogP contribution is 2.24. The van der Waals surface area contributed by atoms with E-state index in [0.29, 0.717) is 10.7 Å². The molecule has 2 heterocycles. The molecule has 0 aliphatic carbocycles. The molecule has 0 atom stereocenters. The van der Waals surface area contributed by atoms with Gasteiger partial charge in [0.05, 0.1) is 17.1 Å². The van der Waals surface area contributed by atoms with E-state index in [4.69, 9.17) is 11.6 Å². The van der Waals surface area contributed by atoms with Crippen LogP contribution in [0.15, 0.2) is 48.1 Å². The van der Waals surface area contributed by atoms with Crippen molar-refractivity contribution in [3.8, 4) is 11.3 Å². The molecule has 4 nitrogen and oxygen atoms in total. The van der Waals surface area contributed by atoms with Crippen molar-refractivity contribution in [3.05, 3.63) is 64.5 Å². The van der Waals surface area contributed by atoms with Crippen molar-refractivity contribution in [2.24, 2.45) is 0 Å². The van der Waals surface area contributed by atoms with Gasteiger partial charge >= 0.3 is 0 Å². The Morgan fingerprint density at radius 1 is 1.26 bits per heavy atom. The van der Waals surface area contributed by atoms with Crippen molar-refractivity contribution in [2.45, 2.75) is 6.42 Å². The number of benzene rings is 1. The molecule has 116 valence electrons. The van der Waals surface area contributed by atoms with Gasteiger partial charge in [-0.15, -0.1) is 11.3 Å². The highest BCUT2D eigenvalue weighted by molar-refractivity contribution is 7.14. The molecule has 3 rings (SSSR count). The fraction of sp³-hybridized carbons (Fsp3) is 0.0625. The molecule has 0 unspecified atom stereocenters. The van der Waals surface area contributed by atoms with E-state index in [0.717, 1.165) is 11.3 Å². The standard InChI is InChI=1S/C16H11ClFN3OS/c17-12-7-10(1-2-13(12)18)8-15(22)21-16-20-14(9-23-16)11-3-5-19-6-4-11/h1-7,9H,8H2,(H,20,21,22). The van der Waals surface area contributed by atoms with Crippen LogP contribution < -0.4 is 5.32 Å². The second-order valence-corrected chi connectivity index (χ2v) is 6.01. The number of pyridine rings is 1. The minimum absolute atomic E-state index is 0.00419. The van der Waals surface area contributed by atoms with Gasteiger partial charge in [0.1, 0.15) is 5.82 Å². The molecule has 0 saturated heterocycles. The Balaban J connectivity index is 1.66. The average Bonchev–Trinajstić information content (AvgIpc) is 3.00. The summed E-state index contributed by atoms with van der Waals surface area (Å²) < 4.78 is 13.1. The van der Waals surface area contributed by atoms with Crippen molar-refractivity contribution in [1.82, 2.24) is 9.97 Å². The number of nitrogens with one attached hydrogen (secondary N) is 1. The molecule has 0 aliphatic rings. The summed E-state index contributed by atoms with van der Waals surface area (Å²) >= 11 is 7.05. The summed E-state index contributed by atoms with van der Waals surface area (Å²) in [5.74, 6) is -0.735. The second kappa shape index (κ2) is 6.85. The number of aromatic nitrogens is 2. The zero-order chi connectivity index (χ0) is 16.2. The molecule has 7 heteroatoms. The molecule has 1 aromatic carbocycles. The van der Waals surface area contributed by atoms with E-state index < -0.39 is 5.82 Å². The van der Waals surface area contributed by atoms with E-state index in [2.05, 4.69) is 15.3 Å². The first-order valence-corrected chi connectivity index (χ1v) is 7.97. The van der Waals surface area contributed by atoms with E-state index in [9.17, 15) is 9.18 Å². The lowest BCUT2D eigenvalue weighted by atomic mass is 10.1. The number of carbonyl (C=O) groups is 1. The van der Waals surface area contributed by atoms with Crippen LogP contribution in [0.25, 0.3) is 11.3 Å². The number of hydrogen-bond acceptors (Lipinski definition) is 4. The van der Waals surface area contributed by atoms with E-state index in [-0.39, 0.29) is 17.4 Å². The van der Waals surface area contributed by atoms with Crippen LogP contribution in [0.3, 0.4) is 0 Å². The Morgan fingerprint density at radius 3 is 2.78 bits per heavy atom. The van der Waals surface area contributed by atoms with Crippen molar-refractivity contribution in [2.75, 3.05) is 5.32 Å². The molecule has 0 spiro atoms. The minimum Gasteiger partial charge on any atom is -0.302 e. The molecule has 0 saturated carbocycles. The molecule has 0 aliphatic heterocycles. The third kappa shape index (κ3) is 3.91. The topological polar surface area (TPSA) is 54.9 Å². The van der Waals surface area contributed by atoms with Crippen LogP contribution in [0.1, 0.15) is 5.56 Å². The van der Waals surface area contributed by atoms with Crippen molar-refractivity contribution < 1.29 is 9.18 Å². The van der Waals surface area contributed by atoms with Crippen LogP contribution in [-0.4, -0.2) is 15.9 Å². The van der Waals surface area contributed by atoms with E-state index >= 15 is 0 Å². The van der Waals surface area contributed by atoms with Crippen molar-refractivity contribution in [1.29, 1.82) is 0 Å². The van der Waals surface area contributed by atoms with Gasteiger partial charge in [-0.3, -0.25) is 9.78 Å². The maximum Gasteiger partial charge on any atom is 0.230 e. The van der Waals surface area contributed by atoms with Crippen LogP contribution >= 0.6 is 22.9 Å². The predicted molar refractivity (Wildman–Crippen MR) is 89.1 cm³/mol. The third-order valence-electron chi connectivity index (χ3n) is 3.08. The van der Waals surface area contributed by atoms with Gasteiger partial charge in [-0.05, 0) is 29.8 Å². The van der Waals surface area contributed by atoms with Gasteiger partial charge in [-0.25, -0.2) is 9.37 Å². The van der Waals surface area contributed by atoms with Crippen molar-refractivity contribution >= 4 is 34.0 Å². The van der Waals surface area contributed by atoms with Crippen LogP contribution in [0.4, 0.5) is 9.52 Å². The Labute approximate surface area is 141 Å². The van der Waals surface area contributed by atoms with Gasteiger partial charge in [-0.1, -0.05) is 17.7 Å². The zero-order valence-electron chi connectivity index (χ0n) is 11.8. The van der Waals surface area contributed by atoms with E-state index in [1.165, 1.54) is 29.5 Å². The maximum atomic E-state index is 13.1. The lowest BCUT2D eigenvalue weighted by Crippen LogP contribution is -2.14. The maximum absolute atomic E-state index is 13.1. The lowest BCUT2D eigenvalue weighted by molar-refractivity contribution is -0.115. The van der Waals surface area contributed by atoms with Gasteiger partial charge in [-0.2, -0.15) is 0 Å². The van der Waals surface area contributed by atoms with Gasteiger partial charge in [0, 0.05) is 23.3 Å². The van der Waals surface area contributed by atoms with Crippen LogP contribution in [-0.2, 0) is 11.2 Å². The van der Waals surface area contributed by atoms with Gasteiger partial charge in [0.15, 0.2) is 5.13 Å². The summed E-state index contributed by atoms with van der Waals surface area (Å²) in [6.07, 6.45) is 3.47. The molecule has 1 amide bonds.